The number of hydrogen-bond donors (Lipinski definition) is 1. The van der Waals surface area contributed by atoms with Crippen LogP contribution >= 0.6 is 0 Å². The Labute approximate surface area is 136 Å². The number of aliphatic carboxylic acids is 1. The minimum Gasteiger partial charge on any atom is -0.497 e. The van der Waals surface area contributed by atoms with Gasteiger partial charge in [0.2, 0.25) is 0 Å². The molecule has 1 aromatic carbocycles. The van der Waals surface area contributed by atoms with Gasteiger partial charge in [0.1, 0.15) is 11.2 Å². The van der Waals surface area contributed by atoms with Gasteiger partial charge in [-0.3, -0.25) is 9.59 Å². The number of amides is 1. The second-order valence-corrected chi connectivity index (χ2v) is 6.03. The van der Waals surface area contributed by atoms with Crippen LogP contribution in [0.25, 0.3) is 0 Å². The molecule has 1 amide bonds. The highest BCUT2D eigenvalue weighted by Crippen LogP contribution is 2.32. The molecule has 1 N–H and O–H groups in total. The average Bonchev–Trinajstić information content (AvgIpc) is 2.54. The van der Waals surface area contributed by atoms with E-state index in [2.05, 4.69) is 0 Å². The summed E-state index contributed by atoms with van der Waals surface area (Å²) in [6.45, 7) is 2.68. The SMILES string of the molecule is COCC1(C(=O)O)CCCN(C(=O)c2ccc(OC)cc2C)C1. The van der Waals surface area contributed by atoms with Gasteiger partial charge in [-0.2, -0.15) is 0 Å². The quantitative estimate of drug-likeness (QED) is 0.897. The van der Waals surface area contributed by atoms with E-state index in [1.807, 2.05) is 6.92 Å². The van der Waals surface area contributed by atoms with Crippen molar-refractivity contribution in [3.8, 4) is 5.75 Å². The number of carboxylic acid groups (broad SMARTS) is 1. The topological polar surface area (TPSA) is 76.1 Å². The van der Waals surface area contributed by atoms with Gasteiger partial charge in [-0.05, 0) is 43.5 Å². The molecule has 6 nitrogen and oxygen atoms in total. The van der Waals surface area contributed by atoms with Crippen LogP contribution in [0.15, 0.2) is 18.2 Å². The van der Waals surface area contributed by atoms with Crippen LogP contribution in [0, 0.1) is 12.3 Å². The molecule has 1 aromatic rings. The van der Waals surface area contributed by atoms with Crippen molar-refractivity contribution in [2.45, 2.75) is 19.8 Å². The van der Waals surface area contributed by atoms with Crippen molar-refractivity contribution < 1.29 is 24.2 Å². The predicted molar refractivity (Wildman–Crippen MR) is 84.8 cm³/mol. The first-order valence-corrected chi connectivity index (χ1v) is 7.60. The van der Waals surface area contributed by atoms with Gasteiger partial charge in [0, 0.05) is 25.8 Å². The first kappa shape index (κ1) is 17.3. The summed E-state index contributed by atoms with van der Waals surface area (Å²) in [5.41, 5.74) is 0.361. The fourth-order valence-corrected chi connectivity index (χ4v) is 3.11. The fraction of sp³-hybridized carbons (Fsp3) is 0.529. The maximum atomic E-state index is 12.8. The molecule has 0 radical (unpaired) electrons. The molecule has 1 unspecified atom stereocenters. The van der Waals surface area contributed by atoms with E-state index < -0.39 is 11.4 Å². The third kappa shape index (κ3) is 3.47. The van der Waals surface area contributed by atoms with Crippen LogP contribution in [0.2, 0.25) is 0 Å². The predicted octanol–water partition coefficient (Wildman–Crippen LogP) is 1.96. The van der Waals surface area contributed by atoms with Gasteiger partial charge in [0.05, 0.1) is 13.7 Å². The smallest absolute Gasteiger partial charge is 0.313 e. The highest BCUT2D eigenvalue weighted by molar-refractivity contribution is 5.96. The molecule has 0 bridgehead atoms. The maximum Gasteiger partial charge on any atom is 0.313 e. The first-order chi connectivity index (χ1) is 10.9. The minimum atomic E-state index is -1.02. The molecule has 0 aromatic heterocycles. The molecule has 0 aliphatic carbocycles. The number of piperidine rings is 1. The Morgan fingerprint density at radius 1 is 1.35 bits per heavy atom. The summed E-state index contributed by atoms with van der Waals surface area (Å²) in [5, 5.41) is 9.58. The molecule has 2 rings (SSSR count). The van der Waals surface area contributed by atoms with E-state index in [1.54, 1.807) is 30.2 Å². The number of ether oxygens (including phenoxy) is 2. The van der Waals surface area contributed by atoms with Gasteiger partial charge < -0.3 is 19.5 Å². The Hall–Kier alpha value is -2.08. The Kier molecular flexibility index (Phi) is 5.26. The summed E-state index contributed by atoms with van der Waals surface area (Å²) in [6, 6.07) is 5.27. The number of rotatable bonds is 5. The standard InChI is InChI=1S/C17H23NO5/c1-12-9-13(23-3)5-6-14(12)15(19)18-8-4-7-17(10-18,11-22-2)16(20)21/h5-6,9H,4,7-8,10-11H2,1-3H3,(H,20,21). The lowest BCUT2D eigenvalue weighted by Gasteiger charge is -2.39. The number of benzene rings is 1. The molecule has 1 heterocycles. The highest BCUT2D eigenvalue weighted by atomic mass is 16.5. The van der Waals surface area contributed by atoms with Gasteiger partial charge in [-0.15, -0.1) is 0 Å². The Bertz CT molecular complexity index is 597. The molecule has 126 valence electrons. The maximum absolute atomic E-state index is 12.8. The first-order valence-electron chi connectivity index (χ1n) is 7.60. The van der Waals surface area contributed by atoms with Gasteiger partial charge >= 0.3 is 5.97 Å². The largest absolute Gasteiger partial charge is 0.497 e. The number of likely N-dealkylation sites (tertiary alicyclic amines) is 1. The lowest BCUT2D eigenvalue weighted by Crippen LogP contribution is -2.52. The van der Waals surface area contributed by atoms with Crippen molar-refractivity contribution in [1.82, 2.24) is 4.90 Å². The lowest BCUT2D eigenvalue weighted by atomic mass is 9.80. The average molecular weight is 321 g/mol. The van der Waals surface area contributed by atoms with E-state index in [0.29, 0.717) is 30.7 Å². The summed E-state index contributed by atoms with van der Waals surface area (Å²) >= 11 is 0. The van der Waals surface area contributed by atoms with Crippen molar-refractivity contribution in [2.75, 3.05) is 33.9 Å². The van der Waals surface area contributed by atoms with Crippen LogP contribution in [0.4, 0.5) is 0 Å². The van der Waals surface area contributed by atoms with Crippen molar-refractivity contribution >= 4 is 11.9 Å². The van der Waals surface area contributed by atoms with E-state index in [-0.39, 0.29) is 19.1 Å². The van der Waals surface area contributed by atoms with Gasteiger partial charge in [-0.25, -0.2) is 0 Å². The van der Waals surface area contributed by atoms with Crippen molar-refractivity contribution in [1.29, 1.82) is 0 Å². The Morgan fingerprint density at radius 3 is 2.65 bits per heavy atom. The number of carbonyl (C=O) groups excluding carboxylic acids is 1. The number of nitrogens with zero attached hydrogens (tertiary/aromatic N) is 1. The van der Waals surface area contributed by atoms with Gasteiger partial charge in [0.25, 0.3) is 5.91 Å². The molecule has 1 fully saturated rings. The zero-order valence-electron chi connectivity index (χ0n) is 13.8. The zero-order valence-corrected chi connectivity index (χ0v) is 13.8. The molecular formula is C17H23NO5. The normalized spacial score (nSPS) is 21.1. The second kappa shape index (κ2) is 7.00. The van der Waals surface area contributed by atoms with E-state index in [0.717, 1.165) is 5.56 Å². The molecular weight excluding hydrogens is 298 g/mol. The van der Waals surface area contributed by atoms with Crippen LogP contribution in [0.3, 0.4) is 0 Å². The van der Waals surface area contributed by atoms with Gasteiger partial charge in [-0.1, -0.05) is 0 Å². The van der Waals surface area contributed by atoms with Crippen LogP contribution in [0.1, 0.15) is 28.8 Å². The number of carboxylic acids is 1. The van der Waals surface area contributed by atoms with E-state index in [9.17, 15) is 14.7 Å². The summed E-state index contributed by atoms with van der Waals surface area (Å²) in [4.78, 5) is 26.1. The molecule has 1 atom stereocenters. The van der Waals surface area contributed by atoms with Crippen LogP contribution < -0.4 is 4.74 Å². The van der Waals surface area contributed by atoms with Crippen LogP contribution in [0.5, 0.6) is 5.75 Å². The van der Waals surface area contributed by atoms with Crippen LogP contribution in [-0.2, 0) is 9.53 Å². The van der Waals surface area contributed by atoms with Gasteiger partial charge in [0.15, 0.2) is 0 Å². The van der Waals surface area contributed by atoms with E-state index in [4.69, 9.17) is 9.47 Å². The molecule has 23 heavy (non-hydrogen) atoms. The third-order valence-corrected chi connectivity index (χ3v) is 4.40. The third-order valence-electron chi connectivity index (χ3n) is 4.40. The Balaban J connectivity index is 2.24. The van der Waals surface area contributed by atoms with E-state index in [1.165, 1.54) is 7.11 Å². The fourth-order valence-electron chi connectivity index (χ4n) is 3.11. The van der Waals surface area contributed by atoms with Crippen LogP contribution in [-0.4, -0.2) is 55.8 Å². The molecule has 1 saturated heterocycles. The number of carbonyl (C=O) groups is 2. The summed E-state index contributed by atoms with van der Waals surface area (Å²) in [7, 11) is 3.06. The summed E-state index contributed by atoms with van der Waals surface area (Å²) in [5.74, 6) is -0.369. The summed E-state index contributed by atoms with van der Waals surface area (Å²) in [6.07, 6.45) is 1.16. The minimum absolute atomic E-state index is 0.105. The molecule has 0 spiro atoms. The molecule has 1 aliphatic rings. The summed E-state index contributed by atoms with van der Waals surface area (Å²) < 4.78 is 10.3. The van der Waals surface area contributed by atoms with Crippen molar-refractivity contribution in [3.63, 3.8) is 0 Å². The second-order valence-electron chi connectivity index (χ2n) is 6.03. The van der Waals surface area contributed by atoms with Crippen molar-refractivity contribution in [2.24, 2.45) is 5.41 Å². The van der Waals surface area contributed by atoms with E-state index >= 15 is 0 Å². The number of aryl methyl sites for hydroxylation is 1. The highest BCUT2D eigenvalue weighted by Gasteiger charge is 2.44. The Morgan fingerprint density at radius 2 is 2.09 bits per heavy atom. The molecule has 6 heteroatoms. The lowest BCUT2D eigenvalue weighted by molar-refractivity contribution is -0.155. The monoisotopic (exact) mass is 321 g/mol. The zero-order chi connectivity index (χ0) is 17.0. The molecule has 0 saturated carbocycles. The number of methoxy groups -OCH3 is 2. The molecule has 1 aliphatic heterocycles. The van der Waals surface area contributed by atoms with Crippen molar-refractivity contribution in [3.05, 3.63) is 29.3 Å². The number of hydrogen-bond acceptors (Lipinski definition) is 4.